The van der Waals surface area contributed by atoms with E-state index in [9.17, 15) is 19.3 Å². The molecule has 5 rings (SSSR count). The van der Waals surface area contributed by atoms with Crippen LogP contribution in [0.3, 0.4) is 0 Å². The van der Waals surface area contributed by atoms with Crippen LogP contribution in [-0.4, -0.2) is 27.9 Å². The molecule has 0 fully saturated rings. The van der Waals surface area contributed by atoms with Gasteiger partial charge in [0.05, 0.1) is 29.2 Å². The maximum atomic E-state index is 14.0. The van der Waals surface area contributed by atoms with Crippen LogP contribution in [0, 0.1) is 15.9 Å². The predicted molar refractivity (Wildman–Crippen MR) is 145 cm³/mol. The second-order valence-corrected chi connectivity index (χ2v) is 8.39. The first kappa shape index (κ1) is 25.3. The summed E-state index contributed by atoms with van der Waals surface area (Å²) in [7, 11) is 1.33. The van der Waals surface area contributed by atoms with Crippen LogP contribution in [0.1, 0.15) is 11.1 Å². The molecular formula is C29H21FN4O5. The Kier molecular flexibility index (Phi) is 7.09. The number of rotatable bonds is 8. The SMILES string of the molecule is COc1cc(C=Nn2c(-c3ccccc3)nc3ccccc3c2=O)cc([N+](=O)[O-])c1OCc1ccccc1F. The Morgan fingerprint density at radius 1 is 1.03 bits per heavy atom. The summed E-state index contributed by atoms with van der Waals surface area (Å²) >= 11 is 0. The lowest BCUT2D eigenvalue weighted by Crippen LogP contribution is -2.20. The summed E-state index contributed by atoms with van der Waals surface area (Å²) in [6.45, 7) is -0.240. The molecule has 9 nitrogen and oxygen atoms in total. The number of nitro benzene ring substituents is 1. The van der Waals surface area contributed by atoms with Gasteiger partial charge in [-0.1, -0.05) is 60.7 Å². The molecule has 1 aromatic heterocycles. The second kappa shape index (κ2) is 10.9. The van der Waals surface area contributed by atoms with E-state index in [1.165, 1.54) is 43.7 Å². The van der Waals surface area contributed by atoms with E-state index in [1.54, 1.807) is 42.5 Å². The molecule has 0 unspecified atom stereocenters. The van der Waals surface area contributed by atoms with Crippen LogP contribution in [0.2, 0.25) is 0 Å². The molecule has 0 atom stereocenters. The lowest BCUT2D eigenvalue weighted by atomic mass is 10.1. The Morgan fingerprint density at radius 3 is 2.49 bits per heavy atom. The molecular weight excluding hydrogens is 503 g/mol. The number of methoxy groups -OCH3 is 1. The first-order chi connectivity index (χ1) is 19.0. The highest BCUT2D eigenvalue weighted by Gasteiger charge is 2.23. The number of hydrogen-bond acceptors (Lipinski definition) is 7. The fraction of sp³-hybridized carbons (Fsp3) is 0.0690. The maximum Gasteiger partial charge on any atom is 0.315 e. The number of halogens is 1. The molecule has 194 valence electrons. The average molecular weight is 525 g/mol. The van der Waals surface area contributed by atoms with E-state index in [4.69, 9.17) is 9.47 Å². The molecule has 0 aliphatic carbocycles. The zero-order chi connectivity index (χ0) is 27.4. The van der Waals surface area contributed by atoms with Crippen LogP contribution in [0.15, 0.2) is 101 Å². The molecule has 39 heavy (non-hydrogen) atoms. The highest BCUT2D eigenvalue weighted by Crippen LogP contribution is 2.38. The molecule has 4 aromatic carbocycles. The van der Waals surface area contributed by atoms with Crippen molar-refractivity contribution in [3.05, 3.63) is 128 Å². The van der Waals surface area contributed by atoms with Crippen LogP contribution in [0.5, 0.6) is 11.5 Å². The van der Waals surface area contributed by atoms with Crippen molar-refractivity contribution in [2.75, 3.05) is 7.11 Å². The summed E-state index contributed by atoms with van der Waals surface area (Å²) < 4.78 is 26.2. The van der Waals surface area contributed by atoms with Gasteiger partial charge in [0.1, 0.15) is 12.4 Å². The summed E-state index contributed by atoms with van der Waals surface area (Å²) in [4.78, 5) is 29.3. The number of nitrogens with zero attached hydrogens (tertiary/aromatic N) is 4. The number of ether oxygens (including phenoxy) is 2. The zero-order valence-electron chi connectivity index (χ0n) is 20.7. The van der Waals surface area contributed by atoms with Gasteiger partial charge in [-0.2, -0.15) is 9.78 Å². The molecule has 0 aliphatic rings. The number of benzene rings is 4. The van der Waals surface area contributed by atoms with Gasteiger partial charge in [-0.05, 0) is 24.3 Å². The number of aromatic nitrogens is 2. The number of para-hydroxylation sites is 1. The lowest BCUT2D eigenvalue weighted by Gasteiger charge is -2.12. The van der Waals surface area contributed by atoms with Crippen LogP contribution >= 0.6 is 0 Å². The van der Waals surface area contributed by atoms with Gasteiger partial charge in [0.2, 0.25) is 5.75 Å². The molecule has 0 spiro atoms. The third-order valence-electron chi connectivity index (χ3n) is 5.91. The Morgan fingerprint density at radius 2 is 1.74 bits per heavy atom. The van der Waals surface area contributed by atoms with Gasteiger partial charge in [-0.15, -0.1) is 0 Å². The summed E-state index contributed by atoms with van der Waals surface area (Å²) in [6, 6.07) is 24.7. The summed E-state index contributed by atoms with van der Waals surface area (Å²) in [5.41, 5.74) is 0.882. The van der Waals surface area contributed by atoms with Crippen molar-refractivity contribution >= 4 is 22.8 Å². The number of fused-ring (bicyclic) bond motifs is 1. The minimum atomic E-state index is -0.629. The molecule has 0 saturated heterocycles. The van der Waals surface area contributed by atoms with Gasteiger partial charge < -0.3 is 9.47 Å². The van der Waals surface area contributed by atoms with Crippen LogP contribution < -0.4 is 15.0 Å². The van der Waals surface area contributed by atoms with Gasteiger partial charge in [0, 0.05) is 22.8 Å². The van der Waals surface area contributed by atoms with Gasteiger partial charge in [-0.3, -0.25) is 14.9 Å². The Hall–Kier alpha value is -5.38. The summed E-state index contributed by atoms with van der Waals surface area (Å²) in [5.74, 6) is -0.292. The Balaban J connectivity index is 1.58. The molecule has 0 amide bonds. The first-order valence-corrected chi connectivity index (χ1v) is 11.8. The molecule has 10 heteroatoms. The van der Waals surface area contributed by atoms with E-state index < -0.39 is 22.0 Å². The smallest absolute Gasteiger partial charge is 0.315 e. The van der Waals surface area contributed by atoms with Gasteiger partial charge in [0.25, 0.3) is 5.56 Å². The first-order valence-electron chi connectivity index (χ1n) is 11.8. The van der Waals surface area contributed by atoms with Crippen molar-refractivity contribution in [2.45, 2.75) is 6.61 Å². The molecule has 0 bridgehead atoms. The highest BCUT2D eigenvalue weighted by atomic mass is 19.1. The minimum absolute atomic E-state index is 0.0502. The predicted octanol–water partition coefficient (Wildman–Crippen LogP) is 5.58. The quantitative estimate of drug-likeness (QED) is 0.149. The fourth-order valence-electron chi connectivity index (χ4n) is 4.01. The van der Waals surface area contributed by atoms with E-state index in [0.717, 1.165) is 4.68 Å². The monoisotopic (exact) mass is 524 g/mol. The fourth-order valence-corrected chi connectivity index (χ4v) is 4.01. The van der Waals surface area contributed by atoms with Crippen molar-refractivity contribution in [1.29, 1.82) is 0 Å². The molecule has 5 aromatic rings. The van der Waals surface area contributed by atoms with E-state index in [0.29, 0.717) is 22.3 Å². The third-order valence-corrected chi connectivity index (χ3v) is 5.91. The third kappa shape index (κ3) is 5.21. The van der Waals surface area contributed by atoms with E-state index in [-0.39, 0.29) is 29.2 Å². The molecule has 0 saturated carbocycles. The summed E-state index contributed by atoms with van der Waals surface area (Å²) in [6.07, 6.45) is 1.31. The van der Waals surface area contributed by atoms with Gasteiger partial charge >= 0.3 is 5.69 Å². The van der Waals surface area contributed by atoms with Gasteiger partial charge in [-0.25, -0.2) is 9.37 Å². The molecule has 0 N–H and O–H groups in total. The van der Waals surface area contributed by atoms with Crippen molar-refractivity contribution in [1.82, 2.24) is 9.66 Å². The maximum absolute atomic E-state index is 14.0. The highest BCUT2D eigenvalue weighted by molar-refractivity contribution is 5.84. The lowest BCUT2D eigenvalue weighted by molar-refractivity contribution is -0.386. The standard InChI is InChI=1S/C29H21FN4O5/c1-38-26-16-19(15-25(34(36)37)27(26)39-18-21-11-5-7-13-23(21)30)17-31-33-28(20-9-3-2-4-10-20)32-24-14-8-6-12-22(24)29(33)35/h2-17H,18H2,1H3. The van der Waals surface area contributed by atoms with Crippen molar-refractivity contribution in [3.63, 3.8) is 0 Å². The zero-order valence-corrected chi connectivity index (χ0v) is 20.7. The average Bonchev–Trinajstić information content (AvgIpc) is 2.96. The van der Waals surface area contributed by atoms with Crippen molar-refractivity contribution in [2.24, 2.45) is 5.10 Å². The van der Waals surface area contributed by atoms with Crippen LogP contribution in [0.4, 0.5) is 10.1 Å². The molecule has 0 radical (unpaired) electrons. The Labute approximate surface area is 221 Å². The number of nitro groups is 1. The van der Waals surface area contributed by atoms with E-state index in [1.807, 2.05) is 18.2 Å². The van der Waals surface area contributed by atoms with Gasteiger partial charge in [0.15, 0.2) is 11.6 Å². The molecule has 0 aliphatic heterocycles. The van der Waals surface area contributed by atoms with Crippen molar-refractivity contribution in [3.8, 4) is 22.9 Å². The Bertz CT molecular complexity index is 1770. The molecule has 1 heterocycles. The normalized spacial score (nSPS) is 11.1. The summed E-state index contributed by atoms with van der Waals surface area (Å²) in [5, 5.41) is 16.7. The second-order valence-electron chi connectivity index (χ2n) is 8.39. The number of hydrogen-bond donors (Lipinski definition) is 0. The minimum Gasteiger partial charge on any atom is -0.493 e. The van der Waals surface area contributed by atoms with Crippen LogP contribution in [0.25, 0.3) is 22.3 Å². The van der Waals surface area contributed by atoms with Crippen molar-refractivity contribution < 1.29 is 18.8 Å². The largest absolute Gasteiger partial charge is 0.493 e. The topological polar surface area (TPSA) is 109 Å². The van der Waals surface area contributed by atoms with Crippen LogP contribution in [-0.2, 0) is 6.61 Å². The van der Waals surface area contributed by atoms with E-state index in [2.05, 4.69) is 10.1 Å². The van der Waals surface area contributed by atoms with E-state index >= 15 is 0 Å².